The number of benzene rings is 1. The molecule has 3 rings (SSSR count). The van der Waals surface area contributed by atoms with Crippen LogP contribution in [-0.2, 0) is 0 Å². The fourth-order valence-electron chi connectivity index (χ4n) is 1.55. The van der Waals surface area contributed by atoms with E-state index in [-0.39, 0.29) is 5.56 Å². The maximum atomic E-state index is 13.5. The van der Waals surface area contributed by atoms with Gasteiger partial charge in [-0.3, -0.25) is 0 Å². The van der Waals surface area contributed by atoms with Gasteiger partial charge in [-0.05, 0) is 30.0 Å². The molecule has 0 spiro atoms. The van der Waals surface area contributed by atoms with E-state index in [1.807, 2.05) is 6.07 Å². The molecule has 0 aliphatic rings. The normalized spacial score (nSPS) is 10.5. The van der Waals surface area contributed by atoms with Crippen molar-refractivity contribution in [1.82, 2.24) is 19.6 Å². The van der Waals surface area contributed by atoms with Crippen LogP contribution in [0.25, 0.3) is 5.78 Å². The molecule has 0 unspecified atom stereocenters. The summed E-state index contributed by atoms with van der Waals surface area (Å²) in [5.74, 6) is -0.0886. The van der Waals surface area contributed by atoms with Gasteiger partial charge in [0.25, 0.3) is 5.78 Å². The Labute approximate surface area is 111 Å². The van der Waals surface area contributed by atoms with E-state index in [4.69, 9.17) is 5.26 Å². The summed E-state index contributed by atoms with van der Waals surface area (Å²) in [6, 6.07) is 8.04. The highest BCUT2D eigenvalue weighted by Gasteiger charge is 2.12. The van der Waals surface area contributed by atoms with Crippen LogP contribution in [0.3, 0.4) is 0 Å². The summed E-state index contributed by atoms with van der Waals surface area (Å²) in [5, 5.41) is 13.6. The van der Waals surface area contributed by atoms with E-state index in [1.54, 1.807) is 30.6 Å². The molecule has 0 saturated carbocycles. The summed E-state index contributed by atoms with van der Waals surface area (Å²) < 4.78 is 15.0. The molecule has 0 bridgehead atoms. The highest BCUT2D eigenvalue weighted by Crippen LogP contribution is 2.29. The first-order valence-electron chi connectivity index (χ1n) is 5.32. The van der Waals surface area contributed by atoms with Crippen molar-refractivity contribution in [3.05, 3.63) is 48.0 Å². The van der Waals surface area contributed by atoms with Crippen LogP contribution in [-0.4, -0.2) is 19.6 Å². The Morgan fingerprint density at radius 2 is 2.21 bits per heavy atom. The fraction of sp³-hybridized carbons (Fsp3) is 0. The maximum absolute atomic E-state index is 13.5. The zero-order chi connectivity index (χ0) is 13.2. The third kappa shape index (κ3) is 2.13. The minimum absolute atomic E-state index is 0.000634. The fourth-order valence-corrected chi connectivity index (χ4v) is 2.40. The summed E-state index contributed by atoms with van der Waals surface area (Å²) in [4.78, 5) is 8.71. The lowest BCUT2D eigenvalue weighted by atomic mass is 10.2. The van der Waals surface area contributed by atoms with Crippen LogP contribution in [0.1, 0.15) is 5.56 Å². The number of rotatable bonds is 2. The van der Waals surface area contributed by atoms with E-state index in [0.717, 1.165) is 11.8 Å². The molecule has 0 fully saturated rings. The summed E-state index contributed by atoms with van der Waals surface area (Å²) in [6.07, 6.45) is 3.33. The van der Waals surface area contributed by atoms with Crippen LogP contribution < -0.4 is 0 Å². The van der Waals surface area contributed by atoms with E-state index >= 15 is 0 Å². The SMILES string of the molecule is N#Cc1c(F)cccc1Sc1nc2ncccn2n1. The second-order valence-corrected chi connectivity index (χ2v) is 4.59. The van der Waals surface area contributed by atoms with Gasteiger partial charge in [-0.25, -0.2) is 13.9 Å². The highest BCUT2D eigenvalue weighted by atomic mass is 32.2. The van der Waals surface area contributed by atoms with Crippen molar-refractivity contribution in [2.24, 2.45) is 0 Å². The first-order valence-corrected chi connectivity index (χ1v) is 6.13. The van der Waals surface area contributed by atoms with Crippen molar-refractivity contribution >= 4 is 17.5 Å². The molecule has 92 valence electrons. The Kier molecular flexibility index (Phi) is 2.85. The average Bonchev–Trinajstić information content (AvgIpc) is 2.81. The Morgan fingerprint density at radius 3 is 3.00 bits per heavy atom. The number of fused-ring (bicyclic) bond motifs is 1. The van der Waals surface area contributed by atoms with Gasteiger partial charge in [-0.1, -0.05) is 6.07 Å². The summed E-state index contributed by atoms with van der Waals surface area (Å²) >= 11 is 1.13. The zero-order valence-corrected chi connectivity index (χ0v) is 10.3. The molecule has 7 heteroatoms. The second-order valence-electron chi connectivity index (χ2n) is 3.59. The zero-order valence-electron chi connectivity index (χ0n) is 9.49. The highest BCUT2D eigenvalue weighted by molar-refractivity contribution is 7.99. The van der Waals surface area contributed by atoms with Crippen molar-refractivity contribution in [2.45, 2.75) is 10.1 Å². The molecule has 2 heterocycles. The lowest BCUT2D eigenvalue weighted by molar-refractivity contribution is 0.620. The van der Waals surface area contributed by atoms with E-state index in [1.165, 1.54) is 10.6 Å². The minimum atomic E-state index is -0.547. The predicted octanol–water partition coefficient (Wildman–Crippen LogP) is 2.29. The summed E-state index contributed by atoms with van der Waals surface area (Å²) in [7, 11) is 0. The molecule has 0 radical (unpaired) electrons. The molecule has 0 saturated heterocycles. The van der Waals surface area contributed by atoms with Gasteiger partial charge >= 0.3 is 0 Å². The Bertz CT molecular complexity index is 759. The van der Waals surface area contributed by atoms with Gasteiger partial charge in [0.2, 0.25) is 5.16 Å². The molecule has 0 aliphatic carbocycles. The number of aromatic nitrogens is 4. The van der Waals surface area contributed by atoms with Crippen molar-refractivity contribution < 1.29 is 4.39 Å². The van der Waals surface area contributed by atoms with Crippen LogP contribution in [0.15, 0.2) is 46.7 Å². The molecule has 0 amide bonds. The number of hydrogen-bond donors (Lipinski definition) is 0. The van der Waals surface area contributed by atoms with Crippen molar-refractivity contribution in [3.8, 4) is 6.07 Å². The summed E-state index contributed by atoms with van der Waals surface area (Å²) in [6.45, 7) is 0. The van der Waals surface area contributed by atoms with Crippen molar-refractivity contribution in [1.29, 1.82) is 5.26 Å². The van der Waals surface area contributed by atoms with Gasteiger partial charge in [-0.2, -0.15) is 10.2 Å². The molecule has 5 nitrogen and oxygen atoms in total. The Balaban J connectivity index is 2.02. The van der Waals surface area contributed by atoms with Crippen LogP contribution in [0.5, 0.6) is 0 Å². The topological polar surface area (TPSA) is 66.9 Å². The monoisotopic (exact) mass is 271 g/mol. The molecule has 2 aromatic heterocycles. The standard InChI is InChI=1S/C12H6FN5S/c13-9-3-1-4-10(8(9)7-14)19-12-16-11-15-5-2-6-18(11)17-12/h1-6H. The quantitative estimate of drug-likeness (QED) is 0.715. The van der Waals surface area contributed by atoms with E-state index < -0.39 is 5.82 Å². The van der Waals surface area contributed by atoms with Gasteiger partial charge in [0, 0.05) is 17.3 Å². The molecule has 0 aliphatic heterocycles. The molecule has 0 atom stereocenters. The summed E-state index contributed by atoms with van der Waals surface area (Å²) in [5.41, 5.74) is -0.000634. The first kappa shape index (κ1) is 11.6. The number of nitrogens with zero attached hydrogens (tertiary/aromatic N) is 5. The number of halogens is 1. The molecular formula is C12H6FN5S. The Morgan fingerprint density at radius 1 is 1.32 bits per heavy atom. The predicted molar refractivity (Wildman–Crippen MR) is 66.0 cm³/mol. The van der Waals surface area contributed by atoms with E-state index in [2.05, 4.69) is 15.1 Å². The lowest BCUT2D eigenvalue weighted by Gasteiger charge is -2.00. The third-order valence-electron chi connectivity index (χ3n) is 2.39. The molecular weight excluding hydrogens is 265 g/mol. The van der Waals surface area contributed by atoms with Gasteiger partial charge < -0.3 is 0 Å². The van der Waals surface area contributed by atoms with E-state index in [0.29, 0.717) is 15.8 Å². The Hall–Kier alpha value is -2.46. The maximum Gasteiger partial charge on any atom is 0.253 e. The van der Waals surface area contributed by atoms with Crippen LogP contribution in [0.2, 0.25) is 0 Å². The molecule has 19 heavy (non-hydrogen) atoms. The first-order chi connectivity index (χ1) is 9.28. The van der Waals surface area contributed by atoms with Crippen molar-refractivity contribution in [3.63, 3.8) is 0 Å². The van der Waals surface area contributed by atoms with Gasteiger partial charge in [0.15, 0.2) is 0 Å². The van der Waals surface area contributed by atoms with Crippen LogP contribution >= 0.6 is 11.8 Å². The second kappa shape index (κ2) is 4.66. The minimum Gasteiger partial charge on any atom is -0.220 e. The number of hydrogen-bond acceptors (Lipinski definition) is 5. The van der Waals surface area contributed by atoms with Gasteiger partial charge in [0.1, 0.15) is 17.4 Å². The third-order valence-corrected chi connectivity index (χ3v) is 3.30. The molecule has 0 N–H and O–H groups in total. The van der Waals surface area contributed by atoms with Crippen molar-refractivity contribution in [2.75, 3.05) is 0 Å². The average molecular weight is 271 g/mol. The number of nitriles is 1. The van der Waals surface area contributed by atoms with Gasteiger partial charge in [0.05, 0.1) is 0 Å². The molecule has 3 aromatic rings. The van der Waals surface area contributed by atoms with Crippen LogP contribution in [0.4, 0.5) is 4.39 Å². The lowest BCUT2D eigenvalue weighted by Crippen LogP contribution is -1.88. The van der Waals surface area contributed by atoms with Gasteiger partial charge in [-0.15, -0.1) is 5.10 Å². The van der Waals surface area contributed by atoms with E-state index in [9.17, 15) is 4.39 Å². The molecule has 1 aromatic carbocycles. The smallest absolute Gasteiger partial charge is 0.220 e. The van der Waals surface area contributed by atoms with Crippen LogP contribution in [0, 0.1) is 17.1 Å². The largest absolute Gasteiger partial charge is 0.253 e.